The van der Waals surface area contributed by atoms with E-state index in [0.717, 1.165) is 26.9 Å². The molecule has 0 radical (unpaired) electrons. The number of nitrogens with two attached hydrogens (primary N) is 1. The number of benzene rings is 1. The second-order valence-electron chi connectivity index (χ2n) is 4.29. The van der Waals surface area contributed by atoms with Gasteiger partial charge in [0, 0.05) is 26.6 Å². The van der Waals surface area contributed by atoms with Gasteiger partial charge in [-0.25, -0.2) is 0 Å². The number of nitrogens with one attached hydrogen (secondary N) is 1. The summed E-state index contributed by atoms with van der Waals surface area (Å²) in [7, 11) is 0. The van der Waals surface area contributed by atoms with E-state index in [4.69, 9.17) is 5.73 Å². The highest BCUT2D eigenvalue weighted by Gasteiger charge is 2.11. The predicted molar refractivity (Wildman–Crippen MR) is 78.4 cm³/mol. The van der Waals surface area contributed by atoms with Gasteiger partial charge in [0.25, 0.3) is 0 Å². The highest BCUT2D eigenvalue weighted by Crippen LogP contribution is 2.32. The fourth-order valence-corrected chi connectivity index (χ4v) is 2.55. The molecule has 0 fully saturated rings. The first kappa shape index (κ1) is 11.3. The van der Waals surface area contributed by atoms with Gasteiger partial charge in [-0.1, -0.05) is 22.0 Å². The van der Waals surface area contributed by atoms with Crippen LogP contribution in [0.3, 0.4) is 0 Å². The molecule has 0 unspecified atom stereocenters. The maximum absolute atomic E-state index is 5.67. The second kappa shape index (κ2) is 4.14. The Balaban J connectivity index is 2.28. The number of fused-ring (bicyclic) bond motifs is 1. The van der Waals surface area contributed by atoms with Crippen molar-refractivity contribution in [1.82, 2.24) is 9.97 Å². The van der Waals surface area contributed by atoms with Crippen molar-refractivity contribution in [3.8, 4) is 11.3 Å². The van der Waals surface area contributed by atoms with E-state index in [1.165, 1.54) is 5.39 Å². The molecule has 3 rings (SSSR count). The van der Waals surface area contributed by atoms with Crippen LogP contribution in [0.5, 0.6) is 0 Å². The Hall–Kier alpha value is -1.81. The van der Waals surface area contributed by atoms with Crippen LogP contribution in [0.2, 0.25) is 0 Å². The van der Waals surface area contributed by atoms with Crippen molar-refractivity contribution in [2.75, 3.05) is 5.73 Å². The largest absolute Gasteiger partial charge is 0.397 e. The third-order valence-corrected chi connectivity index (χ3v) is 3.48. The lowest BCUT2D eigenvalue weighted by molar-refractivity contribution is 1.27. The van der Waals surface area contributed by atoms with Crippen LogP contribution in [0.15, 0.2) is 41.0 Å². The Morgan fingerprint density at radius 1 is 1.22 bits per heavy atom. The number of aromatic amines is 1. The van der Waals surface area contributed by atoms with E-state index in [9.17, 15) is 0 Å². The molecular weight excluding hydrogens is 290 g/mol. The standard InChI is InChI=1S/C14H12BrN3/c1-8-14(12-5-3-10(16)7-17-12)11-4-2-9(15)6-13(11)18-8/h2-7,18H,16H2,1H3. The van der Waals surface area contributed by atoms with Crippen molar-refractivity contribution in [2.24, 2.45) is 0 Å². The number of hydrogen-bond acceptors (Lipinski definition) is 2. The Bertz CT molecular complexity index is 714. The zero-order valence-corrected chi connectivity index (χ0v) is 11.5. The number of aromatic nitrogens is 2. The first-order chi connectivity index (χ1) is 8.65. The molecule has 0 saturated heterocycles. The fourth-order valence-electron chi connectivity index (χ4n) is 2.19. The van der Waals surface area contributed by atoms with Gasteiger partial charge < -0.3 is 10.7 Å². The quantitative estimate of drug-likeness (QED) is 0.716. The molecule has 0 saturated carbocycles. The number of H-pyrrole nitrogens is 1. The Kier molecular flexibility index (Phi) is 2.59. The summed E-state index contributed by atoms with van der Waals surface area (Å²) in [5.41, 5.74) is 10.6. The van der Waals surface area contributed by atoms with Gasteiger partial charge in [-0.2, -0.15) is 0 Å². The number of anilines is 1. The number of rotatable bonds is 1. The van der Waals surface area contributed by atoms with Gasteiger partial charge in [-0.05, 0) is 31.2 Å². The summed E-state index contributed by atoms with van der Waals surface area (Å²) in [5.74, 6) is 0. The van der Waals surface area contributed by atoms with Crippen LogP contribution >= 0.6 is 15.9 Å². The molecular formula is C14H12BrN3. The molecule has 3 aromatic rings. The minimum absolute atomic E-state index is 0.680. The summed E-state index contributed by atoms with van der Waals surface area (Å²) in [6.45, 7) is 2.06. The lowest BCUT2D eigenvalue weighted by atomic mass is 10.1. The monoisotopic (exact) mass is 301 g/mol. The minimum atomic E-state index is 0.680. The first-order valence-electron chi connectivity index (χ1n) is 5.65. The van der Waals surface area contributed by atoms with E-state index in [-0.39, 0.29) is 0 Å². The highest BCUT2D eigenvalue weighted by molar-refractivity contribution is 9.10. The average molecular weight is 302 g/mol. The molecule has 3 nitrogen and oxygen atoms in total. The fraction of sp³-hybridized carbons (Fsp3) is 0.0714. The van der Waals surface area contributed by atoms with Gasteiger partial charge in [0.15, 0.2) is 0 Å². The average Bonchev–Trinajstić information content (AvgIpc) is 2.65. The third-order valence-electron chi connectivity index (χ3n) is 2.99. The maximum Gasteiger partial charge on any atom is 0.0727 e. The SMILES string of the molecule is Cc1[nH]c2cc(Br)ccc2c1-c1ccc(N)cn1. The molecule has 0 aliphatic rings. The number of aryl methyl sites for hydroxylation is 1. The van der Waals surface area contributed by atoms with Gasteiger partial charge in [0.05, 0.1) is 17.6 Å². The van der Waals surface area contributed by atoms with E-state index in [2.05, 4.69) is 45.0 Å². The third kappa shape index (κ3) is 1.78. The molecule has 3 N–H and O–H groups in total. The van der Waals surface area contributed by atoms with E-state index in [1.807, 2.05) is 18.2 Å². The van der Waals surface area contributed by atoms with E-state index < -0.39 is 0 Å². The number of pyridine rings is 1. The normalized spacial score (nSPS) is 11.0. The maximum atomic E-state index is 5.67. The van der Waals surface area contributed by atoms with Crippen LogP contribution in [0, 0.1) is 6.92 Å². The molecule has 0 bridgehead atoms. The molecule has 0 amide bonds. The molecule has 0 atom stereocenters. The second-order valence-corrected chi connectivity index (χ2v) is 5.21. The van der Waals surface area contributed by atoms with Crippen LogP contribution in [-0.2, 0) is 0 Å². The molecule has 0 aliphatic heterocycles. The summed E-state index contributed by atoms with van der Waals surface area (Å²) < 4.78 is 1.06. The summed E-state index contributed by atoms with van der Waals surface area (Å²) in [5, 5.41) is 1.17. The van der Waals surface area contributed by atoms with Gasteiger partial charge in [-0.15, -0.1) is 0 Å². The number of hydrogen-bond donors (Lipinski definition) is 2. The van der Waals surface area contributed by atoms with Crippen LogP contribution in [0.25, 0.3) is 22.2 Å². The molecule has 2 heterocycles. The number of nitrogens with zero attached hydrogens (tertiary/aromatic N) is 1. The Labute approximate surface area is 113 Å². The molecule has 0 spiro atoms. The van der Waals surface area contributed by atoms with Crippen LogP contribution in [0.1, 0.15) is 5.69 Å². The number of halogens is 1. The van der Waals surface area contributed by atoms with Crippen molar-refractivity contribution in [3.63, 3.8) is 0 Å². The summed E-state index contributed by atoms with van der Waals surface area (Å²) >= 11 is 3.48. The van der Waals surface area contributed by atoms with Crippen LogP contribution in [-0.4, -0.2) is 9.97 Å². The minimum Gasteiger partial charge on any atom is -0.397 e. The van der Waals surface area contributed by atoms with Crippen LogP contribution in [0.4, 0.5) is 5.69 Å². The molecule has 90 valence electrons. The molecule has 1 aromatic carbocycles. The smallest absolute Gasteiger partial charge is 0.0727 e. The lowest BCUT2D eigenvalue weighted by Crippen LogP contribution is -1.88. The summed E-state index contributed by atoms with van der Waals surface area (Å²) in [6.07, 6.45) is 1.69. The molecule has 18 heavy (non-hydrogen) atoms. The zero-order chi connectivity index (χ0) is 12.7. The van der Waals surface area contributed by atoms with E-state index in [0.29, 0.717) is 5.69 Å². The van der Waals surface area contributed by atoms with Gasteiger partial charge >= 0.3 is 0 Å². The first-order valence-corrected chi connectivity index (χ1v) is 6.44. The van der Waals surface area contributed by atoms with Crippen molar-refractivity contribution in [2.45, 2.75) is 6.92 Å². The zero-order valence-electron chi connectivity index (χ0n) is 9.87. The molecule has 2 aromatic heterocycles. The van der Waals surface area contributed by atoms with Crippen LogP contribution < -0.4 is 5.73 Å². The van der Waals surface area contributed by atoms with Crippen molar-refractivity contribution >= 4 is 32.5 Å². The molecule has 0 aliphatic carbocycles. The highest BCUT2D eigenvalue weighted by atomic mass is 79.9. The topological polar surface area (TPSA) is 54.7 Å². The van der Waals surface area contributed by atoms with Crippen molar-refractivity contribution < 1.29 is 0 Å². The van der Waals surface area contributed by atoms with Gasteiger partial charge in [-0.3, -0.25) is 4.98 Å². The Morgan fingerprint density at radius 2 is 2.06 bits per heavy atom. The summed E-state index contributed by atoms with van der Waals surface area (Å²) in [4.78, 5) is 7.78. The number of nitrogen functional groups attached to an aromatic ring is 1. The van der Waals surface area contributed by atoms with Crippen molar-refractivity contribution in [1.29, 1.82) is 0 Å². The van der Waals surface area contributed by atoms with E-state index >= 15 is 0 Å². The van der Waals surface area contributed by atoms with Gasteiger partial charge in [0.1, 0.15) is 0 Å². The van der Waals surface area contributed by atoms with E-state index in [1.54, 1.807) is 6.20 Å². The lowest BCUT2D eigenvalue weighted by Gasteiger charge is -2.01. The Morgan fingerprint density at radius 3 is 2.78 bits per heavy atom. The summed E-state index contributed by atoms with van der Waals surface area (Å²) in [6, 6.07) is 10.0. The predicted octanol–water partition coefficient (Wildman–Crippen LogP) is 3.88. The molecule has 4 heteroatoms. The van der Waals surface area contributed by atoms with Gasteiger partial charge in [0.2, 0.25) is 0 Å². The van der Waals surface area contributed by atoms with Crippen molar-refractivity contribution in [3.05, 3.63) is 46.7 Å².